The van der Waals surface area contributed by atoms with Crippen LogP contribution in [-0.4, -0.2) is 24.1 Å². The minimum absolute atomic E-state index is 0.591. The number of furan rings is 1. The van der Waals surface area contributed by atoms with Crippen LogP contribution < -0.4 is 0 Å². The number of nitrogens with zero attached hydrogens (tertiary/aromatic N) is 5. The molecule has 0 unspecified atom stereocenters. The summed E-state index contributed by atoms with van der Waals surface area (Å²) in [4.78, 5) is 15.2. The lowest BCUT2D eigenvalue weighted by Crippen LogP contribution is -2.00. The Balaban J connectivity index is 0.931. The average molecular weight is 882 g/mol. The molecule has 10 aromatic carbocycles. The van der Waals surface area contributed by atoms with E-state index in [0.29, 0.717) is 17.5 Å². The van der Waals surface area contributed by atoms with Crippen LogP contribution in [-0.2, 0) is 0 Å². The highest BCUT2D eigenvalue weighted by atomic mass is 16.3. The second-order valence-corrected chi connectivity index (χ2v) is 17.6. The van der Waals surface area contributed by atoms with Gasteiger partial charge in [0.25, 0.3) is 0 Å². The molecule has 0 spiro atoms. The number of hydrogen-bond donors (Lipinski definition) is 0. The fourth-order valence-corrected chi connectivity index (χ4v) is 10.4. The smallest absolute Gasteiger partial charge is 0.164 e. The first-order chi connectivity index (χ1) is 34.2. The van der Waals surface area contributed by atoms with Crippen molar-refractivity contribution >= 4 is 65.6 Å². The highest BCUT2D eigenvalue weighted by molar-refractivity contribution is 6.15. The molecule has 14 aromatic rings. The van der Waals surface area contributed by atoms with Crippen LogP contribution in [0.4, 0.5) is 0 Å². The SMILES string of the molecule is c1ccc(-c2nc(-c3ccccc3)nc(-c3cccc4oc5ccc(-c6ccc7c(c6)c6cc(-c8ccc9c(c8)c8ccccc8n9-c8ccccc8)ccc6n7-c6ccccc6)cc5c34)n2)cc1. The molecule has 0 amide bonds. The molecule has 322 valence electrons. The van der Waals surface area contributed by atoms with E-state index in [1.807, 2.05) is 72.8 Å². The summed E-state index contributed by atoms with van der Waals surface area (Å²) in [6.45, 7) is 0. The zero-order valence-electron chi connectivity index (χ0n) is 37.2. The highest BCUT2D eigenvalue weighted by Gasteiger charge is 2.20. The highest BCUT2D eigenvalue weighted by Crippen LogP contribution is 2.42. The fraction of sp³-hybridized carbons (Fsp3) is 0. The Morgan fingerprint density at radius 3 is 1.23 bits per heavy atom. The van der Waals surface area contributed by atoms with Gasteiger partial charge in [-0.15, -0.1) is 0 Å². The van der Waals surface area contributed by atoms with E-state index in [4.69, 9.17) is 19.4 Å². The molecule has 6 heteroatoms. The average Bonchev–Trinajstić information content (AvgIpc) is 4.08. The number of rotatable bonds is 7. The van der Waals surface area contributed by atoms with Gasteiger partial charge in [0.1, 0.15) is 11.2 Å². The van der Waals surface area contributed by atoms with Gasteiger partial charge in [-0.3, -0.25) is 0 Å². The topological polar surface area (TPSA) is 61.7 Å². The van der Waals surface area contributed by atoms with E-state index in [1.54, 1.807) is 0 Å². The summed E-state index contributed by atoms with van der Waals surface area (Å²) in [6.07, 6.45) is 0. The maximum Gasteiger partial charge on any atom is 0.164 e. The molecule has 4 heterocycles. The molecule has 14 rings (SSSR count). The third-order valence-corrected chi connectivity index (χ3v) is 13.6. The van der Waals surface area contributed by atoms with Gasteiger partial charge in [0.2, 0.25) is 0 Å². The second kappa shape index (κ2) is 15.6. The van der Waals surface area contributed by atoms with Gasteiger partial charge in [0, 0.05) is 60.4 Å². The van der Waals surface area contributed by atoms with Crippen molar-refractivity contribution in [3.05, 3.63) is 237 Å². The third-order valence-electron chi connectivity index (χ3n) is 13.6. The molecule has 6 nitrogen and oxygen atoms in total. The number of fused-ring (bicyclic) bond motifs is 9. The molecule has 0 atom stereocenters. The Morgan fingerprint density at radius 1 is 0.275 bits per heavy atom. The van der Waals surface area contributed by atoms with Crippen LogP contribution >= 0.6 is 0 Å². The van der Waals surface area contributed by atoms with Gasteiger partial charge >= 0.3 is 0 Å². The third kappa shape index (κ3) is 6.38. The molecule has 0 aliphatic heterocycles. The second-order valence-electron chi connectivity index (χ2n) is 17.6. The monoisotopic (exact) mass is 881 g/mol. The van der Waals surface area contributed by atoms with Gasteiger partial charge in [-0.2, -0.15) is 0 Å². The zero-order chi connectivity index (χ0) is 45.4. The van der Waals surface area contributed by atoms with Crippen molar-refractivity contribution in [1.29, 1.82) is 0 Å². The molecular formula is C63H39N5O. The standard InChI is InChI=1S/C63H39N5O/c1-5-16-40(17-6-1)61-64-62(41-18-7-2-8-19-41)66-63(65-61)49-25-15-27-59-60(49)53-39-45(31-35-58(53)69-59)44-30-34-57-52(38-44)51-37-43(29-33-56(51)68(57)47-22-11-4-12-23-47)42-28-32-55-50(36-42)48-24-13-14-26-54(48)67(55)46-20-9-3-10-21-46/h1-39H. The van der Waals surface area contributed by atoms with E-state index in [1.165, 1.54) is 43.7 Å². The normalized spacial score (nSPS) is 11.8. The Bertz CT molecular complexity index is 4230. The summed E-state index contributed by atoms with van der Waals surface area (Å²) in [5, 5.41) is 6.81. The zero-order valence-corrected chi connectivity index (χ0v) is 37.2. The Labute approximate surface area is 396 Å². The van der Waals surface area contributed by atoms with E-state index in [-0.39, 0.29) is 0 Å². The largest absolute Gasteiger partial charge is 0.456 e. The van der Waals surface area contributed by atoms with Crippen LogP contribution in [0.15, 0.2) is 241 Å². The first-order valence-electron chi connectivity index (χ1n) is 23.3. The molecular weight excluding hydrogens is 843 g/mol. The number of aromatic nitrogens is 5. The van der Waals surface area contributed by atoms with Crippen molar-refractivity contribution in [3.63, 3.8) is 0 Å². The summed E-state index contributed by atoms with van der Waals surface area (Å²) >= 11 is 0. The molecule has 0 aliphatic rings. The molecule has 0 saturated carbocycles. The van der Waals surface area contributed by atoms with Gasteiger partial charge in [0.15, 0.2) is 17.5 Å². The maximum atomic E-state index is 6.57. The Kier molecular flexibility index (Phi) is 8.79. The lowest BCUT2D eigenvalue weighted by molar-refractivity contribution is 0.669. The first-order valence-corrected chi connectivity index (χ1v) is 23.3. The van der Waals surface area contributed by atoms with Crippen LogP contribution in [0.3, 0.4) is 0 Å². The Hall–Kier alpha value is -9.39. The minimum atomic E-state index is 0.591. The molecule has 4 aromatic heterocycles. The molecule has 69 heavy (non-hydrogen) atoms. The van der Waals surface area contributed by atoms with Gasteiger partial charge in [0.05, 0.1) is 22.1 Å². The van der Waals surface area contributed by atoms with Crippen molar-refractivity contribution in [3.8, 4) is 67.8 Å². The summed E-state index contributed by atoms with van der Waals surface area (Å²) in [6, 6.07) is 83.5. The fourth-order valence-electron chi connectivity index (χ4n) is 10.4. The summed E-state index contributed by atoms with van der Waals surface area (Å²) in [7, 11) is 0. The van der Waals surface area contributed by atoms with E-state index >= 15 is 0 Å². The van der Waals surface area contributed by atoms with Gasteiger partial charge < -0.3 is 13.6 Å². The minimum Gasteiger partial charge on any atom is -0.456 e. The first kappa shape index (κ1) is 38.8. The number of benzene rings is 10. The van der Waals surface area contributed by atoms with Crippen molar-refractivity contribution in [2.24, 2.45) is 0 Å². The molecule has 0 N–H and O–H groups in total. The quantitative estimate of drug-likeness (QED) is 0.160. The van der Waals surface area contributed by atoms with E-state index in [9.17, 15) is 0 Å². The van der Waals surface area contributed by atoms with Gasteiger partial charge in [-0.05, 0) is 107 Å². The predicted molar refractivity (Wildman–Crippen MR) is 283 cm³/mol. The van der Waals surface area contributed by atoms with Crippen LogP contribution in [0.25, 0.3) is 133 Å². The van der Waals surface area contributed by atoms with Crippen molar-refractivity contribution in [2.45, 2.75) is 0 Å². The molecule has 0 saturated heterocycles. The van der Waals surface area contributed by atoms with Gasteiger partial charge in [-0.1, -0.05) is 152 Å². The van der Waals surface area contributed by atoms with Gasteiger partial charge in [-0.25, -0.2) is 15.0 Å². The van der Waals surface area contributed by atoms with E-state index < -0.39 is 0 Å². The molecule has 0 aliphatic carbocycles. The van der Waals surface area contributed by atoms with E-state index in [0.717, 1.165) is 72.2 Å². The number of para-hydroxylation sites is 3. The number of hydrogen-bond acceptors (Lipinski definition) is 4. The van der Waals surface area contributed by atoms with Crippen molar-refractivity contribution in [2.75, 3.05) is 0 Å². The Morgan fingerprint density at radius 2 is 0.696 bits per heavy atom. The molecule has 0 fully saturated rings. The lowest BCUT2D eigenvalue weighted by atomic mass is 9.98. The van der Waals surface area contributed by atoms with E-state index in [2.05, 4.69) is 173 Å². The van der Waals surface area contributed by atoms with Crippen molar-refractivity contribution < 1.29 is 4.42 Å². The predicted octanol–water partition coefficient (Wildman–Crippen LogP) is 16.3. The van der Waals surface area contributed by atoms with Crippen LogP contribution in [0, 0.1) is 0 Å². The summed E-state index contributed by atoms with van der Waals surface area (Å²) < 4.78 is 11.3. The maximum absolute atomic E-state index is 6.57. The summed E-state index contributed by atoms with van der Waals surface area (Å²) in [5.41, 5.74) is 15.8. The van der Waals surface area contributed by atoms with Crippen LogP contribution in [0.5, 0.6) is 0 Å². The van der Waals surface area contributed by atoms with Crippen molar-refractivity contribution in [1.82, 2.24) is 24.1 Å². The summed E-state index contributed by atoms with van der Waals surface area (Å²) in [5.74, 6) is 1.83. The lowest BCUT2D eigenvalue weighted by Gasteiger charge is -2.09. The molecule has 0 bridgehead atoms. The van der Waals surface area contributed by atoms with Crippen LogP contribution in [0.2, 0.25) is 0 Å². The molecule has 0 radical (unpaired) electrons. The van der Waals surface area contributed by atoms with Crippen LogP contribution in [0.1, 0.15) is 0 Å².